The van der Waals surface area contributed by atoms with Gasteiger partial charge in [0.25, 0.3) is 0 Å². The van der Waals surface area contributed by atoms with Crippen LogP contribution in [0.3, 0.4) is 0 Å². The standard InChI is InChI=1S/C13H18N2O5S/c1-8(5-6-21(2)20)14-13(19)15-9-3-4-11(16)10(7-9)12(17)18/h3-4,7-8,16H,5-6H2,1-2H3,(H,17,18)(H2,14,15,19). The second-order valence-electron chi connectivity index (χ2n) is 4.60. The van der Waals surface area contributed by atoms with E-state index in [9.17, 15) is 18.9 Å². The molecule has 2 atom stereocenters. The maximum absolute atomic E-state index is 11.7. The van der Waals surface area contributed by atoms with Gasteiger partial charge in [0.15, 0.2) is 0 Å². The van der Waals surface area contributed by atoms with Gasteiger partial charge in [0.2, 0.25) is 0 Å². The van der Waals surface area contributed by atoms with Crippen LogP contribution in [0.5, 0.6) is 5.75 Å². The Morgan fingerprint density at radius 3 is 2.62 bits per heavy atom. The molecule has 0 heterocycles. The van der Waals surface area contributed by atoms with Crippen LogP contribution in [0.15, 0.2) is 18.2 Å². The van der Waals surface area contributed by atoms with Gasteiger partial charge < -0.3 is 20.8 Å². The van der Waals surface area contributed by atoms with E-state index in [2.05, 4.69) is 10.6 Å². The van der Waals surface area contributed by atoms with Gasteiger partial charge in [-0.1, -0.05) is 0 Å². The molecule has 0 radical (unpaired) electrons. The monoisotopic (exact) mass is 314 g/mol. The summed E-state index contributed by atoms with van der Waals surface area (Å²) < 4.78 is 11.0. The molecule has 4 N–H and O–H groups in total. The number of carboxylic acids is 1. The first kappa shape index (κ1) is 17.0. The van der Waals surface area contributed by atoms with Crippen molar-refractivity contribution in [1.82, 2.24) is 5.32 Å². The third-order valence-electron chi connectivity index (χ3n) is 2.70. The molecular formula is C13H18N2O5S. The summed E-state index contributed by atoms with van der Waals surface area (Å²) >= 11 is 0. The van der Waals surface area contributed by atoms with Crippen LogP contribution in [0.2, 0.25) is 0 Å². The molecule has 1 rings (SSSR count). The Morgan fingerprint density at radius 1 is 1.38 bits per heavy atom. The summed E-state index contributed by atoms with van der Waals surface area (Å²) in [7, 11) is -0.915. The van der Waals surface area contributed by atoms with Crippen molar-refractivity contribution in [3.05, 3.63) is 23.8 Å². The predicted octanol–water partition coefficient (Wildman–Crippen LogP) is 1.37. The van der Waals surface area contributed by atoms with E-state index >= 15 is 0 Å². The molecule has 8 heteroatoms. The summed E-state index contributed by atoms with van der Waals surface area (Å²) in [4.78, 5) is 22.6. The van der Waals surface area contributed by atoms with Gasteiger partial charge in [-0.2, -0.15) is 0 Å². The highest BCUT2D eigenvalue weighted by atomic mass is 32.2. The largest absolute Gasteiger partial charge is 0.507 e. The molecule has 0 aliphatic rings. The average Bonchev–Trinajstić information content (AvgIpc) is 2.38. The SMILES string of the molecule is CC(CCS(C)=O)NC(=O)Nc1ccc(O)c(C(=O)O)c1. The highest BCUT2D eigenvalue weighted by Crippen LogP contribution is 2.21. The molecule has 2 unspecified atom stereocenters. The average molecular weight is 314 g/mol. The quantitative estimate of drug-likeness (QED) is 0.592. The van der Waals surface area contributed by atoms with Crippen molar-refractivity contribution in [2.45, 2.75) is 19.4 Å². The number of urea groups is 1. The maximum Gasteiger partial charge on any atom is 0.339 e. The lowest BCUT2D eigenvalue weighted by Gasteiger charge is -2.14. The van der Waals surface area contributed by atoms with E-state index in [4.69, 9.17) is 5.11 Å². The number of carbonyl (C=O) groups is 2. The van der Waals surface area contributed by atoms with Crippen molar-refractivity contribution in [2.24, 2.45) is 0 Å². The van der Waals surface area contributed by atoms with Crippen molar-refractivity contribution >= 4 is 28.5 Å². The van der Waals surface area contributed by atoms with Crippen LogP contribution in [-0.2, 0) is 10.8 Å². The van der Waals surface area contributed by atoms with E-state index in [0.717, 1.165) is 0 Å². The van der Waals surface area contributed by atoms with Crippen LogP contribution in [0.4, 0.5) is 10.5 Å². The Labute approximate surface area is 124 Å². The number of phenols is 1. The highest BCUT2D eigenvalue weighted by Gasteiger charge is 2.12. The van der Waals surface area contributed by atoms with Gasteiger partial charge in [-0.25, -0.2) is 9.59 Å². The molecule has 0 saturated heterocycles. The summed E-state index contributed by atoms with van der Waals surface area (Å²) in [5.74, 6) is -1.16. The molecule has 116 valence electrons. The summed E-state index contributed by atoms with van der Waals surface area (Å²) in [6.07, 6.45) is 2.17. The number of nitrogens with one attached hydrogen (secondary N) is 2. The Kier molecular flexibility index (Phi) is 6.16. The third-order valence-corrected chi connectivity index (χ3v) is 3.51. The Balaban J connectivity index is 2.61. The van der Waals surface area contributed by atoms with E-state index in [0.29, 0.717) is 12.2 Å². The van der Waals surface area contributed by atoms with Gasteiger partial charge in [0.1, 0.15) is 11.3 Å². The smallest absolute Gasteiger partial charge is 0.339 e. The fourth-order valence-electron chi connectivity index (χ4n) is 1.59. The van der Waals surface area contributed by atoms with E-state index in [1.165, 1.54) is 18.2 Å². The topological polar surface area (TPSA) is 116 Å². The lowest BCUT2D eigenvalue weighted by molar-refractivity contribution is 0.0693. The Bertz CT molecular complexity index is 561. The van der Waals surface area contributed by atoms with Crippen molar-refractivity contribution in [3.8, 4) is 5.75 Å². The second kappa shape index (κ2) is 7.63. The Hall–Kier alpha value is -2.09. The Morgan fingerprint density at radius 2 is 2.05 bits per heavy atom. The number of hydrogen-bond donors (Lipinski definition) is 4. The lowest BCUT2D eigenvalue weighted by Crippen LogP contribution is -2.36. The zero-order valence-corrected chi connectivity index (χ0v) is 12.6. The number of carboxylic acid groups (broad SMARTS) is 1. The van der Waals surface area contributed by atoms with Gasteiger partial charge in [0.05, 0.1) is 0 Å². The number of anilines is 1. The van der Waals surface area contributed by atoms with Gasteiger partial charge >= 0.3 is 12.0 Å². The third kappa shape index (κ3) is 5.82. The number of amides is 2. The fourth-order valence-corrected chi connectivity index (χ4v) is 2.28. The van der Waals surface area contributed by atoms with Gasteiger partial charge in [0, 0.05) is 34.5 Å². The van der Waals surface area contributed by atoms with Crippen molar-refractivity contribution in [3.63, 3.8) is 0 Å². The summed E-state index contributed by atoms with van der Waals surface area (Å²) in [6.45, 7) is 1.78. The van der Waals surface area contributed by atoms with Crippen LogP contribution < -0.4 is 10.6 Å². The van der Waals surface area contributed by atoms with E-state index < -0.39 is 22.8 Å². The molecule has 0 saturated carbocycles. The summed E-state index contributed by atoms with van der Waals surface area (Å²) in [6, 6.07) is 3.11. The predicted molar refractivity (Wildman–Crippen MR) is 80.2 cm³/mol. The van der Waals surface area contributed by atoms with E-state index in [1.54, 1.807) is 13.2 Å². The van der Waals surface area contributed by atoms with E-state index in [1.807, 2.05) is 0 Å². The van der Waals surface area contributed by atoms with Crippen LogP contribution in [-0.4, -0.2) is 44.5 Å². The number of hydrogen-bond acceptors (Lipinski definition) is 4. The lowest BCUT2D eigenvalue weighted by atomic mass is 10.2. The van der Waals surface area contributed by atoms with Crippen LogP contribution >= 0.6 is 0 Å². The number of benzene rings is 1. The fraction of sp³-hybridized carbons (Fsp3) is 0.385. The molecule has 0 bridgehead atoms. The first-order valence-electron chi connectivity index (χ1n) is 6.23. The number of carbonyl (C=O) groups excluding carboxylic acids is 1. The maximum atomic E-state index is 11.7. The second-order valence-corrected chi connectivity index (χ2v) is 6.16. The minimum atomic E-state index is -1.28. The molecule has 0 fully saturated rings. The molecule has 7 nitrogen and oxygen atoms in total. The molecule has 2 amide bonds. The molecule has 0 aromatic heterocycles. The van der Waals surface area contributed by atoms with Crippen molar-refractivity contribution in [1.29, 1.82) is 0 Å². The van der Waals surface area contributed by atoms with Crippen molar-refractivity contribution in [2.75, 3.05) is 17.3 Å². The normalized spacial score (nSPS) is 13.2. The molecule has 1 aromatic rings. The first-order valence-corrected chi connectivity index (χ1v) is 7.96. The number of aromatic hydroxyl groups is 1. The zero-order chi connectivity index (χ0) is 16.0. The van der Waals surface area contributed by atoms with Crippen LogP contribution in [0.1, 0.15) is 23.7 Å². The molecule has 0 spiro atoms. The number of aromatic carboxylic acids is 1. The molecule has 0 aliphatic carbocycles. The molecule has 21 heavy (non-hydrogen) atoms. The van der Waals surface area contributed by atoms with Gasteiger partial charge in [-0.15, -0.1) is 0 Å². The summed E-state index contributed by atoms with van der Waals surface area (Å²) in [5, 5.41) is 23.4. The van der Waals surface area contributed by atoms with Gasteiger partial charge in [-0.05, 0) is 31.5 Å². The molecule has 1 aromatic carbocycles. The molecule has 0 aliphatic heterocycles. The summed E-state index contributed by atoms with van der Waals surface area (Å²) in [5.41, 5.74) is -0.0313. The minimum Gasteiger partial charge on any atom is -0.507 e. The zero-order valence-electron chi connectivity index (χ0n) is 11.8. The number of rotatable bonds is 6. The van der Waals surface area contributed by atoms with Gasteiger partial charge in [-0.3, -0.25) is 4.21 Å². The van der Waals surface area contributed by atoms with Crippen LogP contribution in [0, 0.1) is 0 Å². The minimum absolute atomic E-state index is 0.162. The van der Waals surface area contributed by atoms with Crippen LogP contribution in [0.25, 0.3) is 0 Å². The highest BCUT2D eigenvalue weighted by molar-refractivity contribution is 7.84. The first-order chi connectivity index (χ1) is 9.79. The molecular weight excluding hydrogens is 296 g/mol. The van der Waals surface area contributed by atoms with E-state index in [-0.39, 0.29) is 23.0 Å². The van der Waals surface area contributed by atoms with Crippen molar-refractivity contribution < 1.29 is 24.0 Å².